The van der Waals surface area contributed by atoms with Gasteiger partial charge in [-0.25, -0.2) is 8.78 Å². The Labute approximate surface area is 117 Å². The summed E-state index contributed by atoms with van der Waals surface area (Å²) in [6.45, 7) is 1.83. The Morgan fingerprint density at radius 3 is 2.78 bits per heavy atom. The van der Waals surface area contributed by atoms with Crippen molar-refractivity contribution >= 4 is 33.5 Å². The van der Waals surface area contributed by atoms with Gasteiger partial charge in [-0.2, -0.15) is 0 Å². The average Bonchev–Trinajstić information content (AvgIpc) is 2.31. The van der Waals surface area contributed by atoms with Gasteiger partial charge in [-0.15, -0.1) is 0 Å². The van der Waals surface area contributed by atoms with E-state index in [0.717, 1.165) is 6.20 Å². The molecule has 0 N–H and O–H groups in total. The van der Waals surface area contributed by atoms with Crippen molar-refractivity contribution in [1.29, 1.82) is 0 Å². The number of nitrogens with zero attached hydrogens (tertiary/aromatic N) is 1. The van der Waals surface area contributed by atoms with E-state index < -0.39 is 12.4 Å². The molecule has 0 amide bonds. The number of aromatic nitrogens is 1. The van der Waals surface area contributed by atoms with E-state index in [1.165, 1.54) is 0 Å². The molecule has 7 heteroatoms. The molecule has 0 unspecified atom stereocenters. The summed E-state index contributed by atoms with van der Waals surface area (Å²) in [5, 5.41) is 0.406. The van der Waals surface area contributed by atoms with E-state index in [1.807, 2.05) is 0 Å². The van der Waals surface area contributed by atoms with Crippen LogP contribution in [0.1, 0.15) is 30.2 Å². The Bertz CT molecular complexity index is 443. The van der Waals surface area contributed by atoms with Crippen molar-refractivity contribution in [3.63, 3.8) is 0 Å². The normalized spacial score (nSPS) is 10.8. The maximum atomic E-state index is 12.8. The first kappa shape index (κ1) is 15.3. The van der Waals surface area contributed by atoms with Crippen LogP contribution in [0.25, 0.3) is 0 Å². The summed E-state index contributed by atoms with van der Waals surface area (Å²) in [6.07, 6.45) is -1.97. The second-order valence-corrected chi connectivity index (χ2v) is 4.31. The lowest BCUT2D eigenvalue weighted by Crippen LogP contribution is -2.11. The van der Waals surface area contributed by atoms with Crippen molar-refractivity contribution in [2.24, 2.45) is 0 Å². The summed E-state index contributed by atoms with van der Waals surface area (Å²) in [5.74, 6) is -0.590. The van der Waals surface area contributed by atoms with Gasteiger partial charge >= 0.3 is 5.97 Å². The molecule has 0 aromatic carbocycles. The molecule has 0 aliphatic carbocycles. The minimum atomic E-state index is -2.73. The largest absolute Gasteiger partial charge is 0.466 e. The summed E-state index contributed by atoms with van der Waals surface area (Å²) in [4.78, 5) is 15.2. The molecule has 100 valence electrons. The van der Waals surface area contributed by atoms with E-state index >= 15 is 0 Å². The Kier molecular flexibility index (Phi) is 5.95. The molecule has 0 saturated carbocycles. The first-order valence-electron chi connectivity index (χ1n) is 5.17. The monoisotopic (exact) mass is 341 g/mol. The molecule has 0 bridgehead atoms. The van der Waals surface area contributed by atoms with Crippen LogP contribution >= 0.6 is 27.5 Å². The summed E-state index contributed by atoms with van der Waals surface area (Å²) >= 11 is 9.12. The van der Waals surface area contributed by atoms with Crippen LogP contribution in [0.15, 0.2) is 6.20 Å². The molecule has 1 rings (SSSR count). The molecule has 0 saturated heterocycles. The fourth-order valence-electron chi connectivity index (χ4n) is 1.40. The number of hydrogen-bond donors (Lipinski definition) is 0. The summed E-state index contributed by atoms with van der Waals surface area (Å²) in [7, 11) is 0. The zero-order valence-corrected chi connectivity index (χ0v) is 11.9. The number of hydrogen-bond acceptors (Lipinski definition) is 3. The predicted octanol–water partition coefficient (Wildman–Crippen LogP) is 3.67. The van der Waals surface area contributed by atoms with Crippen LogP contribution in [-0.2, 0) is 21.3 Å². The minimum absolute atomic E-state index is 0.0783. The third-order valence-corrected chi connectivity index (χ3v) is 3.19. The van der Waals surface area contributed by atoms with Gasteiger partial charge in [-0.3, -0.25) is 9.78 Å². The van der Waals surface area contributed by atoms with Gasteiger partial charge in [-0.1, -0.05) is 27.5 Å². The van der Waals surface area contributed by atoms with Crippen LogP contribution in [-0.4, -0.2) is 17.6 Å². The van der Waals surface area contributed by atoms with Gasteiger partial charge in [0.15, 0.2) is 0 Å². The number of halogens is 4. The molecule has 1 aromatic rings. The number of carbonyl (C=O) groups is 1. The molecule has 1 heterocycles. The fraction of sp³-hybridized carbons (Fsp3) is 0.455. The highest BCUT2D eigenvalue weighted by Gasteiger charge is 2.21. The summed E-state index contributed by atoms with van der Waals surface area (Å²) in [6, 6.07) is 0. The van der Waals surface area contributed by atoms with Crippen LogP contribution in [0, 0.1) is 0 Å². The van der Waals surface area contributed by atoms with E-state index in [4.69, 9.17) is 16.3 Å². The van der Waals surface area contributed by atoms with Crippen molar-refractivity contribution in [2.75, 3.05) is 6.61 Å². The van der Waals surface area contributed by atoms with Gasteiger partial charge in [0.25, 0.3) is 6.43 Å². The molecular formula is C11H11BrClF2NO2. The van der Waals surface area contributed by atoms with E-state index in [-0.39, 0.29) is 29.2 Å². The highest BCUT2D eigenvalue weighted by atomic mass is 79.9. The van der Waals surface area contributed by atoms with Crippen LogP contribution in [0.4, 0.5) is 8.78 Å². The molecule has 0 aliphatic heterocycles. The van der Waals surface area contributed by atoms with Gasteiger partial charge < -0.3 is 4.74 Å². The zero-order chi connectivity index (χ0) is 13.7. The lowest BCUT2D eigenvalue weighted by molar-refractivity contribution is -0.142. The van der Waals surface area contributed by atoms with Crippen molar-refractivity contribution in [3.05, 3.63) is 28.0 Å². The predicted molar refractivity (Wildman–Crippen MR) is 67.2 cm³/mol. The van der Waals surface area contributed by atoms with Gasteiger partial charge in [0.1, 0.15) is 0 Å². The molecule has 0 aliphatic rings. The van der Waals surface area contributed by atoms with Crippen LogP contribution in [0.5, 0.6) is 0 Å². The molecule has 0 atom stereocenters. The average molecular weight is 343 g/mol. The number of esters is 1. The van der Waals surface area contributed by atoms with Crippen molar-refractivity contribution in [2.45, 2.75) is 25.1 Å². The SMILES string of the molecule is CCOC(=O)Cc1c(C(F)F)cnc(CBr)c1Cl. The van der Waals surface area contributed by atoms with E-state index in [0.29, 0.717) is 11.0 Å². The topological polar surface area (TPSA) is 39.2 Å². The van der Waals surface area contributed by atoms with Crippen LogP contribution in [0.3, 0.4) is 0 Å². The fourth-order valence-corrected chi connectivity index (χ4v) is 2.28. The quantitative estimate of drug-likeness (QED) is 0.605. The van der Waals surface area contributed by atoms with Gasteiger partial charge in [0.2, 0.25) is 0 Å². The molecule has 3 nitrogen and oxygen atoms in total. The second-order valence-electron chi connectivity index (χ2n) is 3.37. The third kappa shape index (κ3) is 3.62. The van der Waals surface area contributed by atoms with Gasteiger partial charge in [0, 0.05) is 17.1 Å². The lowest BCUT2D eigenvalue weighted by atomic mass is 10.1. The van der Waals surface area contributed by atoms with E-state index in [9.17, 15) is 13.6 Å². The Morgan fingerprint density at radius 2 is 2.28 bits per heavy atom. The smallest absolute Gasteiger partial charge is 0.310 e. The number of rotatable bonds is 5. The number of ether oxygens (including phenoxy) is 1. The highest BCUT2D eigenvalue weighted by Crippen LogP contribution is 2.31. The van der Waals surface area contributed by atoms with Gasteiger partial charge in [-0.05, 0) is 12.5 Å². The van der Waals surface area contributed by atoms with Crippen LogP contribution < -0.4 is 0 Å². The third-order valence-electron chi connectivity index (χ3n) is 2.21. The maximum absolute atomic E-state index is 12.8. The minimum Gasteiger partial charge on any atom is -0.466 e. The molecule has 0 radical (unpaired) electrons. The molecule has 0 spiro atoms. The van der Waals surface area contributed by atoms with Crippen LogP contribution in [0.2, 0.25) is 5.02 Å². The Morgan fingerprint density at radius 1 is 1.61 bits per heavy atom. The van der Waals surface area contributed by atoms with E-state index in [1.54, 1.807) is 6.92 Å². The van der Waals surface area contributed by atoms with E-state index in [2.05, 4.69) is 20.9 Å². The number of carbonyl (C=O) groups excluding carboxylic acids is 1. The highest BCUT2D eigenvalue weighted by molar-refractivity contribution is 9.08. The maximum Gasteiger partial charge on any atom is 0.310 e. The van der Waals surface area contributed by atoms with Crippen molar-refractivity contribution in [3.8, 4) is 0 Å². The summed E-state index contributed by atoms with van der Waals surface area (Å²) < 4.78 is 30.4. The Hall–Kier alpha value is -0.750. The summed E-state index contributed by atoms with van der Waals surface area (Å²) in [5.41, 5.74) is 0.160. The van der Waals surface area contributed by atoms with Crippen molar-refractivity contribution in [1.82, 2.24) is 4.98 Å². The molecule has 0 fully saturated rings. The van der Waals surface area contributed by atoms with Gasteiger partial charge in [0.05, 0.1) is 23.7 Å². The molecule has 1 aromatic heterocycles. The second kappa shape index (κ2) is 6.99. The number of alkyl halides is 3. The molecular weight excluding hydrogens is 331 g/mol. The lowest BCUT2D eigenvalue weighted by Gasteiger charge is -2.12. The van der Waals surface area contributed by atoms with Crippen molar-refractivity contribution < 1.29 is 18.3 Å². The standard InChI is InChI=1S/C11H11BrClF2NO2/c1-2-18-9(17)3-6-7(11(14)15)5-16-8(4-12)10(6)13/h5,11H,2-4H2,1H3. The Balaban J connectivity index is 3.15. The molecule has 18 heavy (non-hydrogen) atoms. The first-order chi connectivity index (χ1) is 8.51. The number of pyridine rings is 1. The zero-order valence-electron chi connectivity index (χ0n) is 9.55. The first-order valence-corrected chi connectivity index (χ1v) is 6.67.